The van der Waals surface area contributed by atoms with Gasteiger partial charge in [0.05, 0.1) is 31.3 Å². The number of carboxylic acid groups (broad SMARTS) is 3. The molecule has 11 nitrogen and oxygen atoms in total. The molecule has 0 bridgehead atoms. The van der Waals surface area contributed by atoms with Gasteiger partial charge in [-0.05, 0) is 6.42 Å². The summed E-state index contributed by atoms with van der Waals surface area (Å²) in [7, 11) is 0. The minimum absolute atomic E-state index is 0.542. The van der Waals surface area contributed by atoms with Crippen LogP contribution in [0.1, 0.15) is 32.1 Å². The summed E-state index contributed by atoms with van der Waals surface area (Å²) in [5.74, 6) is -0.609. The van der Waals surface area contributed by atoms with Crippen LogP contribution in [0.15, 0.2) is 0 Å². The molecule has 0 saturated heterocycles. The summed E-state index contributed by atoms with van der Waals surface area (Å²) in [5.41, 5.74) is 7.66. The van der Waals surface area contributed by atoms with Crippen LogP contribution in [0.25, 0.3) is 0 Å². The van der Waals surface area contributed by atoms with Crippen LogP contribution in [0, 0.1) is 5.41 Å². The zero-order valence-corrected chi connectivity index (χ0v) is 11.7. The highest BCUT2D eigenvalue weighted by molar-refractivity contribution is 5.76. The summed E-state index contributed by atoms with van der Waals surface area (Å²) in [6.45, 7) is 0. The lowest BCUT2D eigenvalue weighted by Gasteiger charge is -2.36. The van der Waals surface area contributed by atoms with Crippen molar-refractivity contribution in [3.63, 3.8) is 0 Å². The van der Waals surface area contributed by atoms with E-state index in [1.165, 1.54) is 0 Å². The summed E-state index contributed by atoms with van der Waals surface area (Å²) in [6.07, 6.45) is -3.55. The Morgan fingerprint density at radius 2 is 1.18 bits per heavy atom. The average molecular weight is 321 g/mol. The second kappa shape index (κ2) is 7.68. The molecule has 0 atom stereocenters. The standard InChI is InChI=1S/C11H19N3O8/c12-11(13,4-9(21)22-14)5-10(1-6(15)16,2-7(17)18)3-8(19)20/h1-5,12-14H2,(H,15,16)(H,17,18)(H,19,20). The Hall–Kier alpha value is -2.24. The number of carbonyl (C=O) groups excluding carboxylic acids is 1. The summed E-state index contributed by atoms with van der Waals surface area (Å²) in [5, 5.41) is 26.8. The molecule has 0 aliphatic rings. The van der Waals surface area contributed by atoms with E-state index in [1.807, 2.05) is 0 Å². The second-order valence-corrected chi connectivity index (χ2v) is 5.29. The monoisotopic (exact) mass is 321 g/mol. The lowest BCUT2D eigenvalue weighted by Crippen LogP contribution is -2.55. The Balaban J connectivity index is 5.49. The highest BCUT2D eigenvalue weighted by atomic mass is 16.7. The van der Waals surface area contributed by atoms with Gasteiger partial charge in [0.2, 0.25) is 0 Å². The molecular weight excluding hydrogens is 302 g/mol. The topological polar surface area (TPSA) is 216 Å². The molecule has 0 aromatic carbocycles. The molecule has 0 spiro atoms. The fourth-order valence-electron chi connectivity index (χ4n) is 2.41. The normalized spacial score (nSPS) is 11.8. The van der Waals surface area contributed by atoms with E-state index in [0.717, 1.165) is 0 Å². The van der Waals surface area contributed by atoms with Gasteiger partial charge in [-0.3, -0.25) is 19.2 Å². The fourth-order valence-corrected chi connectivity index (χ4v) is 2.41. The van der Waals surface area contributed by atoms with Crippen molar-refractivity contribution in [1.82, 2.24) is 0 Å². The lowest BCUT2D eigenvalue weighted by molar-refractivity contribution is -0.148. The zero-order chi connectivity index (χ0) is 17.6. The molecular formula is C11H19N3O8. The maximum Gasteiger partial charge on any atom is 0.327 e. The van der Waals surface area contributed by atoms with Crippen LogP contribution in [0.4, 0.5) is 0 Å². The predicted octanol–water partition coefficient (Wildman–Crippen LogP) is -1.79. The third kappa shape index (κ3) is 7.52. The van der Waals surface area contributed by atoms with Gasteiger partial charge in [0, 0.05) is 5.41 Å². The Morgan fingerprint density at radius 1 is 0.818 bits per heavy atom. The third-order valence-electron chi connectivity index (χ3n) is 2.89. The molecule has 0 radical (unpaired) electrons. The summed E-state index contributed by atoms with van der Waals surface area (Å²) >= 11 is 0. The quantitative estimate of drug-likeness (QED) is 0.195. The van der Waals surface area contributed by atoms with E-state index in [0.29, 0.717) is 0 Å². The van der Waals surface area contributed by atoms with Crippen molar-refractivity contribution in [1.29, 1.82) is 0 Å². The van der Waals surface area contributed by atoms with Crippen molar-refractivity contribution < 1.29 is 39.3 Å². The van der Waals surface area contributed by atoms with Gasteiger partial charge in [-0.25, -0.2) is 0 Å². The number of rotatable bonds is 10. The van der Waals surface area contributed by atoms with Gasteiger partial charge in [-0.1, -0.05) is 0 Å². The van der Waals surface area contributed by atoms with Gasteiger partial charge in [-0.2, -0.15) is 5.90 Å². The molecule has 0 saturated carbocycles. The Kier molecular flexibility index (Phi) is 6.90. The lowest BCUT2D eigenvalue weighted by atomic mass is 9.71. The van der Waals surface area contributed by atoms with Crippen LogP contribution in [0.2, 0.25) is 0 Å². The van der Waals surface area contributed by atoms with Crippen molar-refractivity contribution >= 4 is 23.9 Å². The van der Waals surface area contributed by atoms with Gasteiger partial charge in [0.25, 0.3) is 0 Å². The van der Waals surface area contributed by atoms with E-state index >= 15 is 0 Å². The first-order valence-corrected chi connectivity index (χ1v) is 6.04. The predicted molar refractivity (Wildman–Crippen MR) is 69.8 cm³/mol. The molecule has 0 fully saturated rings. The van der Waals surface area contributed by atoms with E-state index in [4.69, 9.17) is 26.8 Å². The molecule has 0 rings (SSSR count). The van der Waals surface area contributed by atoms with Crippen molar-refractivity contribution in [2.75, 3.05) is 0 Å². The highest BCUT2D eigenvalue weighted by Gasteiger charge is 2.43. The third-order valence-corrected chi connectivity index (χ3v) is 2.89. The van der Waals surface area contributed by atoms with Gasteiger partial charge < -0.3 is 31.6 Å². The molecule has 0 heterocycles. The second-order valence-electron chi connectivity index (χ2n) is 5.29. The van der Waals surface area contributed by atoms with Crippen LogP contribution in [-0.2, 0) is 24.0 Å². The average Bonchev–Trinajstić information content (AvgIpc) is 2.23. The fraction of sp³-hybridized carbons (Fsp3) is 0.636. The van der Waals surface area contributed by atoms with Crippen molar-refractivity contribution in [3.8, 4) is 0 Å². The smallest absolute Gasteiger partial charge is 0.327 e. The molecule has 9 N–H and O–H groups in total. The number of nitrogens with two attached hydrogens (primary N) is 3. The summed E-state index contributed by atoms with van der Waals surface area (Å²) in [6, 6.07) is 0. The minimum atomic E-state index is -1.88. The molecule has 0 aliphatic carbocycles. The SMILES string of the molecule is NOC(=O)CC(N)(N)CC(CC(=O)O)(CC(=O)O)CC(=O)O. The molecule has 0 aromatic heterocycles. The van der Waals surface area contributed by atoms with E-state index in [2.05, 4.69) is 10.7 Å². The van der Waals surface area contributed by atoms with Gasteiger partial charge in [-0.15, -0.1) is 0 Å². The Bertz CT molecular complexity index is 421. The summed E-state index contributed by atoms with van der Waals surface area (Å²) in [4.78, 5) is 47.9. The van der Waals surface area contributed by atoms with Crippen LogP contribution >= 0.6 is 0 Å². The van der Waals surface area contributed by atoms with Crippen LogP contribution in [0.5, 0.6) is 0 Å². The molecule has 0 amide bonds. The molecule has 0 unspecified atom stereocenters. The number of hydrogen-bond donors (Lipinski definition) is 6. The van der Waals surface area contributed by atoms with Crippen LogP contribution in [-0.4, -0.2) is 44.9 Å². The van der Waals surface area contributed by atoms with Gasteiger partial charge in [0.15, 0.2) is 0 Å². The molecule has 126 valence electrons. The number of aliphatic carboxylic acids is 3. The number of carbonyl (C=O) groups is 4. The Morgan fingerprint density at radius 3 is 1.45 bits per heavy atom. The number of hydrogen-bond acceptors (Lipinski definition) is 8. The maximum atomic E-state index is 11.1. The van der Waals surface area contributed by atoms with E-state index < -0.39 is 67.1 Å². The molecule has 22 heavy (non-hydrogen) atoms. The van der Waals surface area contributed by atoms with Crippen LogP contribution < -0.4 is 17.4 Å². The number of carboxylic acids is 3. The zero-order valence-electron chi connectivity index (χ0n) is 11.7. The first-order chi connectivity index (χ1) is 9.91. The largest absolute Gasteiger partial charge is 0.481 e. The van der Waals surface area contributed by atoms with Crippen molar-refractivity contribution in [2.45, 2.75) is 37.8 Å². The Labute approximate surface area is 125 Å². The van der Waals surface area contributed by atoms with Crippen molar-refractivity contribution in [2.24, 2.45) is 22.8 Å². The van der Waals surface area contributed by atoms with Gasteiger partial charge in [0.1, 0.15) is 0 Å². The molecule has 0 aromatic rings. The van der Waals surface area contributed by atoms with E-state index in [-0.39, 0.29) is 0 Å². The van der Waals surface area contributed by atoms with E-state index in [9.17, 15) is 19.2 Å². The van der Waals surface area contributed by atoms with Crippen molar-refractivity contribution in [3.05, 3.63) is 0 Å². The van der Waals surface area contributed by atoms with Crippen LogP contribution in [0.3, 0.4) is 0 Å². The maximum absolute atomic E-state index is 11.1. The highest BCUT2D eigenvalue weighted by Crippen LogP contribution is 2.38. The van der Waals surface area contributed by atoms with Gasteiger partial charge >= 0.3 is 23.9 Å². The first kappa shape index (κ1) is 19.8. The summed E-state index contributed by atoms with van der Waals surface area (Å²) < 4.78 is 0. The molecule has 0 aliphatic heterocycles. The van der Waals surface area contributed by atoms with E-state index in [1.54, 1.807) is 0 Å². The molecule has 11 heteroatoms. The first-order valence-electron chi connectivity index (χ1n) is 6.04. The minimum Gasteiger partial charge on any atom is -0.481 e.